The van der Waals surface area contributed by atoms with Crippen LogP contribution in [0.5, 0.6) is 5.75 Å². The largest absolute Gasteiger partial charge is 0.435 e. The number of ether oxygens (including phenoxy) is 1. The molecule has 0 radical (unpaired) electrons. The quantitative estimate of drug-likeness (QED) is 0.775. The van der Waals surface area contributed by atoms with Gasteiger partial charge in [0.1, 0.15) is 5.75 Å². The summed E-state index contributed by atoms with van der Waals surface area (Å²) in [4.78, 5) is 10.8. The highest BCUT2D eigenvalue weighted by Gasteiger charge is 2.03. The van der Waals surface area contributed by atoms with Crippen molar-refractivity contribution in [3.05, 3.63) is 42.5 Å². The molecule has 0 aliphatic heterocycles. The Morgan fingerprint density at radius 3 is 2.59 bits per heavy atom. The predicted octanol–water partition coefficient (Wildman–Crippen LogP) is 2.13. The molecule has 1 rings (SSSR count). The molecule has 0 unspecified atom stereocenters. The molecular formula is C12H13F2NO2. The lowest BCUT2D eigenvalue weighted by Crippen LogP contribution is -2.23. The van der Waals surface area contributed by atoms with E-state index in [1.54, 1.807) is 12.1 Å². The van der Waals surface area contributed by atoms with Gasteiger partial charge in [0, 0.05) is 6.54 Å². The summed E-state index contributed by atoms with van der Waals surface area (Å²) in [6.45, 7) is 0.986. The second kappa shape index (κ2) is 6.62. The third-order valence-electron chi connectivity index (χ3n) is 2.05. The van der Waals surface area contributed by atoms with Crippen LogP contribution in [0.1, 0.15) is 5.56 Å². The number of amides is 1. The number of carbonyl (C=O) groups excluding carboxylic acids is 1. The topological polar surface area (TPSA) is 38.3 Å². The van der Waals surface area contributed by atoms with Gasteiger partial charge in [0.05, 0.1) is 0 Å². The van der Waals surface area contributed by atoms with E-state index in [0.29, 0.717) is 13.0 Å². The van der Waals surface area contributed by atoms with Crippen LogP contribution in [0.2, 0.25) is 0 Å². The van der Waals surface area contributed by atoms with Gasteiger partial charge in [-0.2, -0.15) is 8.78 Å². The van der Waals surface area contributed by atoms with Gasteiger partial charge in [-0.25, -0.2) is 0 Å². The Morgan fingerprint density at radius 2 is 2.06 bits per heavy atom. The number of halogens is 2. The van der Waals surface area contributed by atoms with Crippen LogP contribution in [0.3, 0.4) is 0 Å². The van der Waals surface area contributed by atoms with Crippen LogP contribution in [0.15, 0.2) is 36.9 Å². The number of carbonyl (C=O) groups is 1. The van der Waals surface area contributed by atoms with Crippen LogP contribution in [0, 0.1) is 0 Å². The minimum absolute atomic E-state index is 0.124. The van der Waals surface area contributed by atoms with Crippen molar-refractivity contribution in [3.63, 3.8) is 0 Å². The van der Waals surface area contributed by atoms with Crippen molar-refractivity contribution in [2.24, 2.45) is 0 Å². The summed E-state index contributed by atoms with van der Waals surface area (Å²) in [5, 5.41) is 2.62. The highest BCUT2D eigenvalue weighted by Crippen LogP contribution is 2.14. The predicted molar refractivity (Wildman–Crippen MR) is 60.0 cm³/mol. The Hall–Kier alpha value is -1.91. The Kier molecular flexibility index (Phi) is 5.13. The van der Waals surface area contributed by atoms with E-state index in [2.05, 4.69) is 16.6 Å². The zero-order chi connectivity index (χ0) is 12.7. The Morgan fingerprint density at radius 1 is 1.41 bits per heavy atom. The average Bonchev–Trinajstić information content (AvgIpc) is 2.30. The molecule has 0 saturated carbocycles. The van der Waals surface area contributed by atoms with Crippen LogP contribution in [0.4, 0.5) is 8.78 Å². The average molecular weight is 241 g/mol. The Bertz CT molecular complexity index is 377. The van der Waals surface area contributed by atoms with Crippen molar-refractivity contribution in [1.29, 1.82) is 0 Å². The van der Waals surface area contributed by atoms with E-state index in [9.17, 15) is 13.6 Å². The SMILES string of the molecule is C=CC(=O)NCCc1ccc(OC(F)F)cc1. The monoisotopic (exact) mass is 241 g/mol. The molecule has 0 bridgehead atoms. The molecule has 5 heteroatoms. The van der Waals surface area contributed by atoms with Gasteiger partial charge in [-0.3, -0.25) is 4.79 Å². The van der Waals surface area contributed by atoms with Gasteiger partial charge in [-0.05, 0) is 30.2 Å². The maximum absolute atomic E-state index is 11.9. The maximum Gasteiger partial charge on any atom is 0.387 e. The van der Waals surface area contributed by atoms with Gasteiger partial charge in [-0.15, -0.1) is 0 Å². The molecule has 0 spiro atoms. The molecule has 0 atom stereocenters. The maximum atomic E-state index is 11.9. The van der Waals surface area contributed by atoms with Gasteiger partial charge in [-0.1, -0.05) is 18.7 Å². The van der Waals surface area contributed by atoms with Crippen molar-refractivity contribution in [2.75, 3.05) is 6.54 Å². The van der Waals surface area contributed by atoms with Crippen molar-refractivity contribution >= 4 is 5.91 Å². The molecule has 0 saturated heterocycles. The lowest BCUT2D eigenvalue weighted by molar-refractivity contribution is -0.116. The van der Waals surface area contributed by atoms with Crippen LogP contribution >= 0.6 is 0 Å². The van der Waals surface area contributed by atoms with E-state index in [1.165, 1.54) is 18.2 Å². The minimum atomic E-state index is -2.81. The first-order valence-corrected chi connectivity index (χ1v) is 5.06. The molecule has 3 nitrogen and oxygen atoms in total. The summed E-state index contributed by atoms with van der Waals surface area (Å²) < 4.78 is 28.0. The molecule has 0 aliphatic carbocycles. The molecule has 0 aromatic heterocycles. The number of alkyl halides is 2. The van der Waals surface area contributed by atoms with Gasteiger partial charge >= 0.3 is 6.61 Å². The first-order valence-electron chi connectivity index (χ1n) is 5.06. The summed E-state index contributed by atoms with van der Waals surface area (Å²) in [7, 11) is 0. The zero-order valence-electron chi connectivity index (χ0n) is 9.16. The fourth-order valence-electron chi connectivity index (χ4n) is 1.24. The Balaban J connectivity index is 2.40. The van der Waals surface area contributed by atoms with Crippen molar-refractivity contribution in [1.82, 2.24) is 5.32 Å². The van der Waals surface area contributed by atoms with E-state index < -0.39 is 6.61 Å². The summed E-state index contributed by atoms with van der Waals surface area (Å²) in [6, 6.07) is 6.29. The summed E-state index contributed by atoms with van der Waals surface area (Å²) in [6.07, 6.45) is 1.81. The second-order valence-electron chi connectivity index (χ2n) is 3.27. The molecule has 0 heterocycles. The smallest absolute Gasteiger partial charge is 0.387 e. The lowest BCUT2D eigenvalue weighted by atomic mass is 10.1. The molecule has 1 aromatic carbocycles. The number of benzene rings is 1. The van der Waals surface area contributed by atoms with Crippen molar-refractivity contribution in [3.8, 4) is 5.75 Å². The molecule has 92 valence electrons. The number of nitrogens with one attached hydrogen (secondary N) is 1. The lowest BCUT2D eigenvalue weighted by Gasteiger charge is -2.06. The van der Waals surface area contributed by atoms with Crippen molar-refractivity contribution < 1.29 is 18.3 Å². The van der Waals surface area contributed by atoms with Gasteiger partial charge in [0.15, 0.2) is 0 Å². The van der Waals surface area contributed by atoms with E-state index in [0.717, 1.165) is 5.56 Å². The minimum Gasteiger partial charge on any atom is -0.435 e. The van der Waals surface area contributed by atoms with Crippen LogP contribution in [0.25, 0.3) is 0 Å². The van der Waals surface area contributed by atoms with Crippen LogP contribution in [-0.2, 0) is 11.2 Å². The highest BCUT2D eigenvalue weighted by molar-refractivity contribution is 5.86. The molecule has 1 N–H and O–H groups in total. The molecule has 17 heavy (non-hydrogen) atoms. The number of hydrogen-bond acceptors (Lipinski definition) is 2. The van der Waals surface area contributed by atoms with E-state index in [1.807, 2.05) is 0 Å². The number of hydrogen-bond donors (Lipinski definition) is 1. The molecule has 1 aromatic rings. The molecule has 0 aliphatic rings. The van der Waals surface area contributed by atoms with Crippen molar-refractivity contribution in [2.45, 2.75) is 13.0 Å². The standard InChI is InChI=1S/C12H13F2NO2/c1-2-11(16)15-8-7-9-3-5-10(6-4-9)17-12(13)14/h2-6,12H,1,7-8H2,(H,15,16). The van der Waals surface area contributed by atoms with Gasteiger partial charge in [0.2, 0.25) is 5.91 Å². The summed E-state index contributed by atoms with van der Waals surface area (Å²) >= 11 is 0. The molecule has 0 fully saturated rings. The third-order valence-corrected chi connectivity index (χ3v) is 2.05. The number of rotatable bonds is 6. The molecule has 1 amide bonds. The highest BCUT2D eigenvalue weighted by atomic mass is 19.3. The van der Waals surface area contributed by atoms with Gasteiger partial charge < -0.3 is 10.1 Å². The zero-order valence-corrected chi connectivity index (χ0v) is 9.16. The van der Waals surface area contributed by atoms with Crippen LogP contribution < -0.4 is 10.1 Å². The summed E-state index contributed by atoms with van der Waals surface area (Å²) in [5.74, 6) is -0.110. The summed E-state index contributed by atoms with van der Waals surface area (Å²) in [5.41, 5.74) is 0.927. The fraction of sp³-hybridized carbons (Fsp3) is 0.250. The molecular weight excluding hydrogens is 228 g/mol. The van der Waals surface area contributed by atoms with E-state index in [-0.39, 0.29) is 11.7 Å². The van der Waals surface area contributed by atoms with E-state index in [4.69, 9.17) is 0 Å². The second-order valence-corrected chi connectivity index (χ2v) is 3.27. The Labute approximate surface area is 98.1 Å². The normalized spacial score (nSPS) is 10.1. The first-order chi connectivity index (χ1) is 8.11. The van der Waals surface area contributed by atoms with Gasteiger partial charge in [0.25, 0.3) is 0 Å². The first kappa shape index (κ1) is 13.2. The fourth-order valence-corrected chi connectivity index (χ4v) is 1.24. The third kappa shape index (κ3) is 5.10. The van der Waals surface area contributed by atoms with Crippen LogP contribution in [-0.4, -0.2) is 19.1 Å². The van der Waals surface area contributed by atoms with E-state index >= 15 is 0 Å².